The molecule has 2 aromatic rings. The number of hydrazine groups is 1. The third-order valence-corrected chi connectivity index (χ3v) is 3.92. The van der Waals surface area contributed by atoms with Crippen LogP contribution in [0.3, 0.4) is 0 Å². The lowest BCUT2D eigenvalue weighted by atomic mass is 10.3. The zero-order valence-corrected chi connectivity index (χ0v) is 13.7. The number of carbonyl (C=O) groups is 1. The number of carbonyl (C=O) groups excluding carboxylic acids is 1. The lowest BCUT2D eigenvalue weighted by Crippen LogP contribution is -2.44. The number of para-hydroxylation sites is 1. The van der Waals surface area contributed by atoms with Gasteiger partial charge < -0.3 is 5.32 Å². The zero-order valence-electron chi connectivity index (χ0n) is 12.1. The fourth-order valence-electron chi connectivity index (χ4n) is 1.61. The molecule has 0 saturated heterocycles. The summed E-state index contributed by atoms with van der Waals surface area (Å²) in [5.74, 6) is -2.37. The molecular formula is C15H12F3N3OS2. The number of rotatable bonds is 4. The average Bonchev–Trinajstić information content (AvgIpc) is 2.56. The number of nitrogens with one attached hydrogen (secondary N) is 3. The van der Waals surface area contributed by atoms with Crippen molar-refractivity contribution in [2.75, 3.05) is 11.1 Å². The fraction of sp³-hybridized carbons (Fsp3) is 0.0667. The highest BCUT2D eigenvalue weighted by Crippen LogP contribution is 2.22. The van der Waals surface area contributed by atoms with Crippen LogP contribution >= 0.6 is 24.0 Å². The fourth-order valence-corrected chi connectivity index (χ4v) is 2.53. The molecule has 0 fully saturated rings. The summed E-state index contributed by atoms with van der Waals surface area (Å²) < 4.78 is 39.9. The van der Waals surface area contributed by atoms with Crippen LogP contribution in [0.25, 0.3) is 0 Å². The van der Waals surface area contributed by atoms with Crippen LogP contribution in [0.15, 0.2) is 47.4 Å². The Morgan fingerprint density at radius 3 is 2.54 bits per heavy atom. The van der Waals surface area contributed by atoms with E-state index in [-0.39, 0.29) is 21.4 Å². The van der Waals surface area contributed by atoms with Crippen molar-refractivity contribution in [2.24, 2.45) is 0 Å². The van der Waals surface area contributed by atoms with Crippen LogP contribution < -0.4 is 16.2 Å². The predicted octanol–water partition coefficient (Wildman–Crippen LogP) is 3.21. The lowest BCUT2D eigenvalue weighted by molar-refractivity contribution is -0.119. The molecule has 0 atom stereocenters. The van der Waals surface area contributed by atoms with Crippen LogP contribution in [0.5, 0.6) is 0 Å². The van der Waals surface area contributed by atoms with Gasteiger partial charge in [0.25, 0.3) is 0 Å². The molecule has 0 radical (unpaired) electrons. The Balaban J connectivity index is 1.77. The maximum Gasteiger partial charge on any atom is 0.248 e. The van der Waals surface area contributed by atoms with Gasteiger partial charge >= 0.3 is 0 Å². The third-order valence-electron chi connectivity index (χ3n) is 2.69. The first-order chi connectivity index (χ1) is 11.5. The van der Waals surface area contributed by atoms with Crippen molar-refractivity contribution >= 4 is 40.7 Å². The normalized spacial score (nSPS) is 10.1. The Morgan fingerprint density at radius 1 is 1.04 bits per heavy atom. The Kier molecular flexibility index (Phi) is 6.44. The molecule has 0 saturated carbocycles. The average molecular weight is 371 g/mol. The largest absolute Gasteiger partial charge is 0.329 e. The Morgan fingerprint density at radius 2 is 1.79 bits per heavy atom. The summed E-state index contributed by atoms with van der Waals surface area (Å²) in [4.78, 5) is 11.7. The van der Waals surface area contributed by atoms with Crippen LogP contribution in [0, 0.1) is 17.5 Å². The summed E-state index contributed by atoms with van der Waals surface area (Å²) in [7, 11) is 0. The molecule has 0 aliphatic carbocycles. The quantitative estimate of drug-likeness (QED) is 0.438. The number of thioether (sulfide) groups is 1. The van der Waals surface area contributed by atoms with Gasteiger partial charge in [-0.3, -0.25) is 15.6 Å². The van der Waals surface area contributed by atoms with Crippen molar-refractivity contribution in [3.05, 3.63) is 59.9 Å². The van der Waals surface area contributed by atoms with Crippen LogP contribution in [0.2, 0.25) is 0 Å². The van der Waals surface area contributed by atoms with Crippen molar-refractivity contribution in [2.45, 2.75) is 4.90 Å². The maximum atomic E-state index is 13.4. The summed E-state index contributed by atoms with van der Waals surface area (Å²) in [5.41, 5.74) is 4.82. The molecule has 0 aliphatic heterocycles. The molecule has 0 bridgehead atoms. The van der Waals surface area contributed by atoms with Crippen LogP contribution in [0.4, 0.5) is 18.9 Å². The first-order valence-corrected chi connectivity index (χ1v) is 8.03. The third kappa shape index (κ3) is 5.43. The van der Waals surface area contributed by atoms with Gasteiger partial charge in [-0.25, -0.2) is 13.2 Å². The summed E-state index contributed by atoms with van der Waals surface area (Å²) in [6, 6.07) is 8.87. The first-order valence-electron chi connectivity index (χ1n) is 6.64. The van der Waals surface area contributed by atoms with Gasteiger partial charge in [0.05, 0.1) is 11.4 Å². The van der Waals surface area contributed by atoms with Gasteiger partial charge in [0.1, 0.15) is 17.5 Å². The van der Waals surface area contributed by atoms with Gasteiger partial charge in [0.2, 0.25) is 5.91 Å². The topological polar surface area (TPSA) is 53.2 Å². The molecule has 0 heterocycles. The molecule has 0 unspecified atom stereocenters. The molecule has 0 spiro atoms. The molecule has 126 valence electrons. The zero-order chi connectivity index (χ0) is 17.5. The number of amides is 1. The van der Waals surface area contributed by atoms with Crippen molar-refractivity contribution in [3.8, 4) is 0 Å². The van der Waals surface area contributed by atoms with Crippen molar-refractivity contribution < 1.29 is 18.0 Å². The molecule has 0 aliphatic rings. The van der Waals surface area contributed by atoms with Crippen molar-refractivity contribution in [1.82, 2.24) is 10.9 Å². The van der Waals surface area contributed by atoms with E-state index in [2.05, 4.69) is 16.2 Å². The Bertz CT molecular complexity index is 758. The summed E-state index contributed by atoms with van der Waals surface area (Å²) in [6.07, 6.45) is 0. The monoisotopic (exact) mass is 371 g/mol. The smallest absolute Gasteiger partial charge is 0.248 e. The molecule has 24 heavy (non-hydrogen) atoms. The molecular weight excluding hydrogens is 359 g/mol. The first kappa shape index (κ1) is 18.1. The van der Waals surface area contributed by atoms with Crippen LogP contribution in [-0.4, -0.2) is 16.8 Å². The number of halogens is 3. The van der Waals surface area contributed by atoms with Crippen molar-refractivity contribution in [1.29, 1.82) is 0 Å². The van der Waals surface area contributed by atoms with Gasteiger partial charge in [0.15, 0.2) is 5.11 Å². The van der Waals surface area contributed by atoms with E-state index in [1.54, 1.807) is 6.07 Å². The van der Waals surface area contributed by atoms with Gasteiger partial charge in [-0.1, -0.05) is 12.1 Å². The molecule has 1 amide bonds. The van der Waals surface area contributed by atoms with Crippen molar-refractivity contribution in [3.63, 3.8) is 0 Å². The van der Waals surface area contributed by atoms with Crippen LogP contribution in [0.1, 0.15) is 0 Å². The van der Waals surface area contributed by atoms with E-state index in [1.165, 1.54) is 18.2 Å². The van der Waals surface area contributed by atoms with E-state index in [4.69, 9.17) is 12.2 Å². The highest BCUT2D eigenvalue weighted by molar-refractivity contribution is 8.00. The number of anilines is 1. The molecule has 0 aromatic heterocycles. The van der Waals surface area contributed by atoms with E-state index in [0.29, 0.717) is 0 Å². The second-order valence-corrected chi connectivity index (χ2v) is 5.90. The second-order valence-electron chi connectivity index (χ2n) is 4.47. The van der Waals surface area contributed by atoms with Gasteiger partial charge in [-0.15, -0.1) is 11.8 Å². The standard InChI is InChI=1S/C15H12F3N3OS2/c16-9-5-6-11(18)13(7-9)24-8-14(22)20-21-15(23)19-12-4-2-1-3-10(12)17/h1-7H,8H2,(H,20,22)(H2,19,21,23). The SMILES string of the molecule is O=C(CSc1cc(F)ccc1F)NNC(=S)Nc1ccccc1F. The van der Waals surface area contributed by atoms with Gasteiger partial charge in [0, 0.05) is 4.90 Å². The number of thiocarbonyl (C=S) groups is 1. The summed E-state index contributed by atoms with van der Waals surface area (Å²) in [6.45, 7) is 0. The molecule has 9 heteroatoms. The van der Waals surface area contributed by atoms with E-state index in [9.17, 15) is 18.0 Å². The Labute approximate surface area is 145 Å². The van der Waals surface area contributed by atoms with E-state index in [0.717, 1.165) is 30.0 Å². The molecule has 4 nitrogen and oxygen atoms in total. The molecule has 3 N–H and O–H groups in total. The molecule has 2 aromatic carbocycles. The maximum absolute atomic E-state index is 13.4. The highest BCUT2D eigenvalue weighted by Gasteiger charge is 2.09. The highest BCUT2D eigenvalue weighted by atomic mass is 32.2. The van der Waals surface area contributed by atoms with Crippen LogP contribution in [-0.2, 0) is 4.79 Å². The number of hydrogen-bond acceptors (Lipinski definition) is 3. The minimum Gasteiger partial charge on any atom is -0.329 e. The van der Waals surface area contributed by atoms with Gasteiger partial charge in [-0.05, 0) is 42.5 Å². The number of benzene rings is 2. The summed E-state index contributed by atoms with van der Waals surface area (Å²) >= 11 is 5.75. The van der Waals surface area contributed by atoms with E-state index < -0.39 is 23.4 Å². The van der Waals surface area contributed by atoms with E-state index >= 15 is 0 Å². The number of hydrogen-bond donors (Lipinski definition) is 3. The minimum atomic E-state index is -0.612. The second kappa shape index (κ2) is 8.55. The predicted molar refractivity (Wildman–Crippen MR) is 91.0 cm³/mol. The Hall–Kier alpha value is -2.26. The van der Waals surface area contributed by atoms with Gasteiger partial charge in [-0.2, -0.15) is 0 Å². The lowest BCUT2D eigenvalue weighted by Gasteiger charge is -2.12. The summed E-state index contributed by atoms with van der Waals surface area (Å²) in [5, 5.41) is 2.55. The minimum absolute atomic E-state index is 0.0182. The molecule has 2 rings (SSSR count). The van der Waals surface area contributed by atoms with E-state index in [1.807, 2.05) is 0 Å².